The number of methoxy groups -OCH3 is 1. The molecule has 2 aromatic heterocycles. The van der Waals surface area contributed by atoms with Crippen LogP contribution in [0.3, 0.4) is 0 Å². The van der Waals surface area contributed by atoms with Crippen molar-refractivity contribution in [2.75, 3.05) is 13.7 Å². The highest BCUT2D eigenvalue weighted by Gasteiger charge is 2.24. The van der Waals surface area contributed by atoms with Gasteiger partial charge in [0.05, 0.1) is 25.1 Å². The number of rotatable bonds is 7. The van der Waals surface area contributed by atoms with Crippen molar-refractivity contribution in [3.63, 3.8) is 0 Å². The summed E-state index contributed by atoms with van der Waals surface area (Å²) in [6.45, 7) is 1.85. The lowest BCUT2D eigenvalue weighted by molar-refractivity contribution is 0.0521. The van der Waals surface area contributed by atoms with Crippen molar-refractivity contribution in [1.82, 2.24) is 19.3 Å². The molecule has 0 aliphatic carbocycles. The van der Waals surface area contributed by atoms with E-state index in [0.717, 1.165) is 17.4 Å². The van der Waals surface area contributed by atoms with Crippen molar-refractivity contribution in [2.45, 2.75) is 6.92 Å². The Bertz CT molecular complexity index is 1670. The summed E-state index contributed by atoms with van der Waals surface area (Å²) in [5, 5.41) is 4.39. The third-order valence-corrected chi connectivity index (χ3v) is 5.91. The van der Waals surface area contributed by atoms with Gasteiger partial charge < -0.3 is 9.47 Å². The fourth-order valence-electron chi connectivity index (χ4n) is 4.10. The summed E-state index contributed by atoms with van der Waals surface area (Å²) in [5.74, 6) is -0.0276. The zero-order valence-corrected chi connectivity index (χ0v) is 20.1. The molecule has 0 atom stereocenters. The number of carbonyl (C=O) groups excluding carboxylic acids is 2. The summed E-state index contributed by atoms with van der Waals surface area (Å²) in [4.78, 5) is 42.2. The van der Waals surface area contributed by atoms with Gasteiger partial charge in [-0.25, -0.2) is 14.5 Å². The van der Waals surface area contributed by atoms with E-state index in [2.05, 4.69) is 10.1 Å². The summed E-state index contributed by atoms with van der Waals surface area (Å²) in [6, 6.07) is 21.4. The van der Waals surface area contributed by atoms with Crippen molar-refractivity contribution in [3.8, 4) is 28.3 Å². The minimum Gasteiger partial charge on any atom is -0.497 e. The highest BCUT2D eigenvalue weighted by molar-refractivity contribution is 6.00. The zero-order chi connectivity index (χ0) is 25.9. The first-order chi connectivity index (χ1) is 18.0. The van der Waals surface area contributed by atoms with Crippen molar-refractivity contribution < 1.29 is 19.1 Å². The molecule has 0 spiro atoms. The molecule has 0 unspecified atom stereocenters. The number of carbonyl (C=O) groups is 2. The van der Waals surface area contributed by atoms with Gasteiger partial charge in [0.2, 0.25) is 0 Å². The molecule has 9 heteroatoms. The van der Waals surface area contributed by atoms with Gasteiger partial charge in [-0.3, -0.25) is 14.2 Å². The van der Waals surface area contributed by atoms with Crippen molar-refractivity contribution in [3.05, 3.63) is 101 Å². The minimum absolute atomic E-state index is 0.0438. The molecule has 37 heavy (non-hydrogen) atoms. The Morgan fingerprint density at radius 2 is 1.68 bits per heavy atom. The first-order valence-corrected chi connectivity index (χ1v) is 11.5. The number of hydrogen-bond acceptors (Lipinski definition) is 7. The van der Waals surface area contributed by atoms with Crippen molar-refractivity contribution in [1.29, 1.82) is 0 Å². The first kappa shape index (κ1) is 23.7. The van der Waals surface area contributed by atoms with E-state index in [9.17, 15) is 14.4 Å². The molecule has 0 saturated heterocycles. The van der Waals surface area contributed by atoms with Crippen molar-refractivity contribution >= 4 is 23.3 Å². The molecule has 0 amide bonds. The lowest BCUT2D eigenvalue weighted by atomic mass is 10.0. The number of aldehydes is 1. The second kappa shape index (κ2) is 9.90. The lowest BCUT2D eigenvalue weighted by Crippen LogP contribution is -2.21. The number of nitrogens with zero attached hydrogens (tertiary/aromatic N) is 4. The van der Waals surface area contributed by atoms with E-state index in [1.165, 1.54) is 15.6 Å². The van der Waals surface area contributed by atoms with E-state index in [1.54, 1.807) is 62.6 Å². The van der Waals surface area contributed by atoms with E-state index in [4.69, 9.17) is 9.47 Å². The van der Waals surface area contributed by atoms with Crippen LogP contribution in [0.2, 0.25) is 0 Å². The van der Waals surface area contributed by atoms with Gasteiger partial charge in [-0.15, -0.1) is 0 Å². The van der Waals surface area contributed by atoms with E-state index >= 15 is 0 Å². The largest absolute Gasteiger partial charge is 0.497 e. The van der Waals surface area contributed by atoms with E-state index in [-0.39, 0.29) is 23.3 Å². The fraction of sp³-hybridized carbons (Fsp3) is 0.107. The van der Waals surface area contributed by atoms with Gasteiger partial charge in [-0.05, 0) is 54.4 Å². The fourth-order valence-corrected chi connectivity index (χ4v) is 4.10. The van der Waals surface area contributed by atoms with Crippen LogP contribution in [0, 0.1) is 0 Å². The zero-order valence-electron chi connectivity index (χ0n) is 20.1. The normalized spacial score (nSPS) is 10.9. The number of ether oxygens (including phenoxy) is 2. The summed E-state index contributed by atoms with van der Waals surface area (Å²) in [5.41, 5.74) is 3.14. The Hall–Kier alpha value is -5.05. The van der Waals surface area contributed by atoms with Crippen LogP contribution in [-0.2, 0) is 4.74 Å². The van der Waals surface area contributed by atoms with Crippen LogP contribution >= 0.6 is 0 Å². The van der Waals surface area contributed by atoms with Gasteiger partial charge in [0.15, 0.2) is 17.5 Å². The predicted octanol–water partition coefficient (Wildman–Crippen LogP) is 4.24. The molecular weight excluding hydrogens is 472 g/mol. The lowest BCUT2D eigenvalue weighted by Gasteiger charge is -2.09. The highest BCUT2D eigenvalue weighted by atomic mass is 16.5. The topological polar surface area (TPSA) is 105 Å². The summed E-state index contributed by atoms with van der Waals surface area (Å²) < 4.78 is 13.1. The summed E-state index contributed by atoms with van der Waals surface area (Å²) in [6.07, 6.45) is 2.18. The molecule has 0 aliphatic heterocycles. The van der Waals surface area contributed by atoms with Gasteiger partial charge in [0.25, 0.3) is 5.56 Å². The number of aromatic nitrogens is 4. The summed E-state index contributed by atoms with van der Waals surface area (Å²) >= 11 is 0. The Balaban J connectivity index is 1.65. The molecule has 0 fully saturated rings. The maximum absolute atomic E-state index is 13.7. The van der Waals surface area contributed by atoms with Gasteiger partial charge in [-0.2, -0.15) is 5.10 Å². The third-order valence-electron chi connectivity index (χ3n) is 5.91. The van der Waals surface area contributed by atoms with Gasteiger partial charge in [0, 0.05) is 5.56 Å². The molecule has 0 radical (unpaired) electrons. The van der Waals surface area contributed by atoms with Crippen molar-refractivity contribution in [2.24, 2.45) is 0 Å². The SMILES string of the molecule is CCOC(=O)c1nn(-c2ccc(OC)cc2)c2c(=O)n(-c3ccc(-c4ccccc4C=O)cc3)cnc12. The van der Waals surface area contributed by atoms with Gasteiger partial charge >= 0.3 is 5.97 Å². The molecule has 0 aliphatic rings. The van der Waals surface area contributed by atoms with Crippen LogP contribution in [0.4, 0.5) is 0 Å². The molecule has 0 saturated carbocycles. The monoisotopic (exact) mass is 494 g/mol. The molecule has 5 rings (SSSR count). The Morgan fingerprint density at radius 1 is 0.973 bits per heavy atom. The number of esters is 1. The molecule has 0 N–H and O–H groups in total. The Morgan fingerprint density at radius 3 is 2.35 bits per heavy atom. The highest BCUT2D eigenvalue weighted by Crippen LogP contribution is 2.25. The van der Waals surface area contributed by atoms with Crippen LogP contribution < -0.4 is 10.3 Å². The van der Waals surface area contributed by atoms with Gasteiger partial charge in [-0.1, -0.05) is 36.4 Å². The Kier molecular flexibility index (Phi) is 6.34. The number of fused-ring (bicyclic) bond motifs is 1. The molecule has 3 aromatic carbocycles. The number of hydrogen-bond donors (Lipinski definition) is 0. The van der Waals surface area contributed by atoms with Crippen LogP contribution in [0.5, 0.6) is 5.75 Å². The van der Waals surface area contributed by atoms with Gasteiger partial charge in [0.1, 0.15) is 17.6 Å². The van der Waals surface area contributed by atoms with Crippen LogP contribution in [-0.4, -0.2) is 45.3 Å². The van der Waals surface area contributed by atoms with E-state index < -0.39 is 11.5 Å². The first-order valence-electron chi connectivity index (χ1n) is 11.5. The summed E-state index contributed by atoms with van der Waals surface area (Å²) in [7, 11) is 1.56. The molecule has 0 bridgehead atoms. The Labute approximate surface area is 211 Å². The van der Waals surface area contributed by atoms with Crippen LogP contribution in [0.25, 0.3) is 33.5 Å². The molecule has 5 aromatic rings. The van der Waals surface area contributed by atoms with Crippen LogP contribution in [0.1, 0.15) is 27.8 Å². The molecule has 2 heterocycles. The van der Waals surface area contributed by atoms with Crippen LogP contribution in [0.15, 0.2) is 83.9 Å². The average Bonchev–Trinajstić information content (AvgIpc) is 3.34. The standard InChI is InChI=1S/C28H22N4O5/c1-3-37-28(35)25-24-26(32(30-25)21-12-14-22(36-2)15-13-21)27(34)31(17-29-24)20-10-8-18(9-11-20)23-7-5-4-6-19(23)16-33/h4-17H,3H2,1-2H3. The predicted molar refractivity (Wildman–Crippen MR) is 138 cm³/mol. The molecule has 9 nitrogen and oxygen atoms in total. The molecular formula is C28H22N4O5. The second-order valence-corrected chi connectivity index (χ2v) is 8.05. The third kappa shape index (κ3) is 4.27. The minimum atomic E-state index is -0.664. The number of benzene rings is 3. The average molecular weight is 495 g/mol. The van der Waals surface area contributed by atoms with E-state index in [1.807, 2.05) is 24.3 Å². The maximum Gasteiger partial charge on any atom is 0.361 e. The smallest absolute Gasteiger partial charge is 0.361 e. The quantitative estimate of drug-likeness (QED) is 0.246. The van der Waals surface area contributed by atoms with E-state index in [0.29, 0.717) is 22.7 Å². The molecule has 184 valence electrons. The maximum atomic E-state index is 13.7. The second-order valence-electron chi connectivity index (χ2n) is 8.05.